The summed E-state index contributed by atoms with van der Waals surface area (Å²) in [6.45, 7) is 3.67. The van der Waals surface area contributed by atoms with Crippen molar-refractivity contribution in [3.63, 3.8) is 0 Å². The number of aromatic nitrogens is 2. The fourth-order valence-corrected chi connectivity index (χ4v) is 4.39. The second kappa shape index (κ2) is 7.67. The number of non-ortho nitro benzene ring substituents is 1. The van der Waals surface area contributed by atoms with Gasteiger partial charge < -0.3 is 10.3 Å². The molecule has 0 radical (unpaired) electrons. The van der Waals surface area contributed by atoms with E-state index in [-0.39, 0.29) is 17.0 Å². The van der Waals surface area contributed by atoms with Gasteiger partial charge in [0.1, 0.15) is 5.82 Å². The number of thioether (sulfide) groups is 1. The number of nitrogens with one attached hydrogen (secondary N) is 2. The number of nitro groups is 1. The van der Waals surface area contributed by atoms with Crippen LogP contribution in [0.25, 0.3) is 0 Å². The molecule has 0 bridgehead atoms. The molecule has 2 aromatic rings. The van der Waals surface area contributed by atoms with Crippen molar-refractivity contribution in [1.82, 2.24) is 9.97 Å². The zero-order valence-corrected chi connectivity index (χ0v) is 16.3. The van der Waals surface area contributed by atoms with Crippen LogP contribution in [-0.4, -0.2) is 26.4 Å². The molecule has 0 amide bonds. The number of Topliss-reactive ketones (excluding diaryl/α,β-unsaturated/α-hetero) is 1. The highest BCUT2D eigenvalue weighted by molar-refractivity contribution is 7.99. The summed E-state index contributed by atoms with van der Waals surface area (Å²) in [6, 6.07) is 6.09. The van der Waals surface area contributed by atoms with Crippen molar-refractivity contribution in [1.29, 1.82) is 0 Å². The first-order chi connectivity index (χ1) is 14.0. The number of carbonyl (C=O) groups excluding carboxylic acids is 1. The molecule has 0 fully saturated rings. The number of aromatic amines is 1. The lowest BCUT2D eigenvalue weighted by molar-refractivity contribution is -0.384. The van der Waals surface area contributed by atoms with Gasteiger partial charge in [-0.2, -0.15) is 0 Å². The second-order valence-electron chi connectivity index (χ2n) is 6.81. The van der Waals surface area contributed by atoms with Gasteiger partial charge in [0.25, 0.3) is 11.2 Å². The normalized spacial score (nSPS) is 17.9. The van der Waals surface area contributed by atoms with Crippen LogP contribution in [0.4, 0.5) is 11.5 Å². The first kappa shape index (κ1) is 19.1. The van der Waals surface area contributed by atoms with E-state index in [0.29, 0.717) is 52.7 Å². The molecule has 0 saturated heterocycles. The van der Waals surface area contributed by atoms with Crippen LogP contribution < -0.4 is 10.9 Å². The highest BCUT2D eigenvalue weighted by Gasteiger charge is 2.38. The Morgan fingerprint density at radius 2 is 2.17 bits per heavy atom. The lowest BCUT2D eigenvalue weighted by atomic mass is 9.76. The van der Waals surface area contributed by atoms with Crippen LogP contribution >= 0.6 is 11.8 Å². The zero-order chi connectivity index (χ0) is 20.5. The minimum Gasteiger partial charge on any atom is -0.343 e. The Bertz CT molecular complexity index is 1120. The summed E-state index contributed by atoms with van der Waals surface area (Å²) >= 11 is 1.34. The molecule has 1 atom stereocenters. The number of fused-ring (bicyclic) bond motifs is 1. The minimum atomic E-state index is -0.691. The van der Waals surface area contributed by atoms with Crippen LogP contribution in [0.1, 0.15) is 36.3 Å². The largest absolute Gasteiger partial charge is 0.343 e. The van der Waals surface area contributed by atoms with Crippen LogP contribution in [0.3, 0.4) is 0 Å². The van der Waals surface area contributed by atoms with Crippen molar-refractivity contribution < 1.29 is 9.72 Å². The topological polar surface area (TPSA) is 118 Å². The Labute approximate surface area is 170 Å². The molecule has 1 aliphatic carbocycles. The molecule has 1 aromatic carbocycles. The third-order valence-corrected chi connectivity index (χ3v) is 5.86. The van der Waals surface area contributed by atoms with E-state index in [2.05, 4.69) is 21.9 Å². The van der Waals surface area contributed by atoms with E-state index < -0.39 is 10.8 Å². The van der Waals surface area contributed by atoms with Crippen LogP contribution in [-0.2, 0) is 4.79 Å². The fourth-order valence-electron chi connectivity index (χ4n) is 3.80. The van der Waals surface area contributed by atoms with Crippen LogP contribution in [0.5, 0.6) is 0 Å². The maximum absolute atomic E-state index is 13.0. The van der Waals surface area contributed by atoms with Gasteiger partial charge >= 0.3 is 0 Å². The number of hydrogen-bond acceptors (Lipinski definition) is 7. The molecular weight excluding hydrogens is 392 g/mol. The fraction of sp³-hybridized carbons (Fsp3) is 0.250. The third-order valence-electron chi connectivity index (χ3n) is 4.99. The molecule has 2 heterocycles. The van der Waals surface area contributed by atoms with Crippen LogP contribution in [0.2, 0.25) is 0 Å². The molecule has 9 heteroatoms. The number of nitro benzene ring substituents is 1. The highest BCUT2D eigenvalue weighted by Crippen LogP contribution is 2.43. The standard InChI is InChI=1S/C20H18N4O4S/c1-2-9-29-20-22-18-17(19(26)23-20)15(11-5-3-6-12(10-11)24(27)28)16-13(21-18)7-4-8-14(16)25/h2-3,5-6,10,15H,1,4,7-9H2,(H2,21,22,23,26). The van der Waals surface area contributed by atoms with Crippen LogP contribution in [0.15, 0.2) is 58.1 Å². The second-order valence-corrected chi connectivity index (χ2v) is 7.82. The smallest absolute Gasteiger partial charge is 0.269 e. The lowest BCUT2D eigenvalue weighted by Gasteiger charge is -2.32. The summed E-state index contributed by atoms with van der Waals surface area (Å²) in [4.78, 5) is 43.8. The Hall–Kier alpha value is -3.20. The average molecular weight is 410 g/mol. The van der Waals surface area contributed by atoms with Gasteiger partial charge in [0.05, 0.1) is 10.5 Å². The number of hydrogen-bond donors (Lipinski definition) is 2. The molecule has 2 N–H and O–H groups in total. The summed E-state index contributed by atoms with van der Waals surface area (Å²) in [5.41, 5.74) is 1.63. The Balaban J connectivity index is 1.92. The molecule has 0 saturated carbocycles. The van der Waals surface area contributed by atoms with Gasteiger partial charge in [-0.15, -0.1) is 6.58 Å². The van der Waals surface area contributed by atoms with Gasteiger partial charge in [-0.1, -0.05) is 30.0 Å². The number of benzene rings is 1. The summed E-state index contributed by atoms with van der Waals surface area (Å²) < 4.78 is 0. The van der Waals surface area contributed by atoms with Crippen molar-refractivity contribution in [2.24, 2.45) is 0 Å². The van der Waals surface area contributed by atoms with Gasteiger partial charge in [0.2, 0.25) is 0 Å². The Morgan fingerprint density at radius 3 is 2.93 bits per heavy atom. The minimum absolute atomic E-state index is 0.0505. The van der Waals surface area contributed by atoms with E-state index in [1.54, 1.807) is 18.2 Å². The van der Waals surface area contributed by atoms with E-state index in [9.17, 15) is 19.7 Å². The quantitative estimate of drug-likeness (QED) is 0.254. The Kier molecular flexibility index (Phi) is 5.06. The highest BCUT2D eigenvalue weighted by atomic mass is 32.2. The molecule has 1 aliphatic heterocycles. The molecule has 4 rings (SSSR count). The van der Waals surface area contributed by atoms with Gasteiger partial charge in [-0.05, 0) is 18.4 Å². The molecule has 1 aromatic heterocycles. The lowest BCUT2D eigenvalue weighted by Crippen LogP contribution is -2.32. The predicted molar refractivity (Wildman–Crippen MR) is 110 cm³/mol. The summed E-state index contributed by atoms with van der Waals surface area (Å²) in [5, 5.41) is 14.9. The van der Waals surface area contributed by atoms with Gasteiger partial charge in [-0.25, -0.2) is 4.98 Å². The molecule has 1 unspecified atom stereocenters. The van der Waals surface area contributed by atoms with E-state index in [1.807, 2.05) is 0 Å². The van der Waals surface area contributed by atoms with E-state index in [1.165, 1.54) is 23.9 Å². The van der Waals surface area contributed by atoms with E-state index in [4.69, 9.17) is 0 Å². The maximum atomic E-state index is 13.0. The van der Waals surface area contributed by atoms with E-state index >= 15 is 0 Å². The SMILES string of the molecule is C=CCSc1nc2c(c(=O)[nH]1)C(c1cccc([N+](=O)[O-])c1)C1=C(CCCC1=O)N2. The van der Waals surface area contributed by atoms with Crippen LogP contribution in [0, 0.1) is 10.1 Å². The maximum Gasteiger partial charge on any atom is 0.269 e. The number of anilines is 1. The first-order valence-corrected chi connectivity index (χ1v) is 10.1. The van der Waals surface area contributed by atoms with E-state index in [0.717, 1.165) is 5.70 Å². The molecular formula is C20H18N4O4S. The number of H-pyrrole nitrogens is 1. The summed E-state index contributed by atoms with van der Waals surface area (Å²) in [5.74, 6) is 0.238. The van der Waals surface area contributed by atoms with Gasteiger partial charge in [-0.3, -0.25) is 19.7 Å². The number of nitrogens with zero attached hydrogens (tertiary/aromatic N) is 2. The summed E-state index contributed by atoms with van der Waals surface area (Å²) in [6.07, 6.45) is 3.47. The molecule has 148 valence electrons. The molecule has 8 nitrogen and oxygen atoms in total. The van der Waals surface area contributed by atoms with Crippen molar-refractivity contribution in [3.8, 4) is 0 Å². The zero-order valence-electron chi connectivity index (χ0n) is 15.4. The predicted octanol–water partition coefficient (Wildman–Crippen LogP) is 3.52. The van der Waals surface area contributed by atoms with Gasteiger partial charge in [0.15, 0.2) is 10.9 Å². The first-order valence-electron chi connectivity index (χ1n) is 9.15. The molecule has 29 heavy (non-hydrogen) atoms. The van der Waals surface area contributed by atoms with Crippen molar-refractivity contribution >= 4 is 29.1 Å². The number of allylic oxidation sites excluding steroid dienone is 2. The average Bonchev–Trinajstić information content (AvgIpc) is 2.71. The molecule has 0 spiro atoms. The number of carbonyl (C=O) groups is 1. The molecule has 2 aliphatic rings. The Morgan fingerprint density at radius 1 is 1.34 bits per heavy atom. The van der Waals surface area contributed by atoms with Crippen molar-refractivity contribution in [2.75, 3.05) is 11.1 Å². The van der Waals surface area contributed by atoms with Crippen molar-refractivity contribution in [3.05, 3.63) is 79.8 Å². The monoisotopic (exact) mass is 410 g/mol. The summed E-state index contributed by atoms with van der Waals surface area (Å²) in [7, 11) is 0. The van der Waals surface area contributed by atoms with Crippen molar-refractivity contribution in [2.45, 2.75) is 30.3 Å². The number of rotatable bonds is 5. The number of ketones is 1. The van der Waals surface area contributed by atoms with Gasteiger partial charge in [0, 0.05) is 41.5 Å². The third kappa shape index (κ3) is 3.49.